The summed E-state index contributed by atoms with van der Waals surface area (Å²) in [5.74, 6) is 0.523. The Labute approximate surface area is 181 Å². The number of sulfone groups is 1. The van der Waals surface area contributed by atoms with E-state index in [4.69, 9.17) is 9.15 Å². The van der Waals surface area contributed by atoms with Crippen molar-refractivity contribution >= 4 is 21.4 Å². The lowest BCUT2D eigenvalue weighted by Crippen LogP contribution is -2.48. The van der Waals surface area contributed by atoms with Gasteiger partial charge in [-0.2, -0.15) is 0 Å². The average Bonchev–Trinajstić information content (AvgIpc) is 3.30. The van der Waals surface area contributed by atoms with Crippen molar-refractivity contribution < 1.29 is 22.4 Å². The van der Waals surface area contributed by atoms with Gasteiger partial charge in [0.05, 0.1) is 12.0 Å². The molecule has 7 nitrogen and oxygen atoms in total. The summed E-state index contributed by atoms with van der Waals surface area (Å²) in [5.41, 5.74) is 2.03. The lowest BCUT2D eigenvalue weighted by molar-refractivity contribution is 0.0709. The molecule has 0 radical (unpaired) electrons. The van der Waals surface area contributed by atoms with Gasteiger partial charge in [0, 0.05) is 31.9 Å². The third-order valence-electron chi connectivity index (χ3n) is 5.39. The molecule has 0 saturated carbocycles. The van der Waals surface area contributed by atoms with Crippen LogP contribution >= 0.6 is 0 Å². The Kier molecular flexibility index (Phi) is 5.73. The number of nitrogens with zero attached hydrogens (tertiary/aromatic N) is 2. The van der Waals surface area contributed by atoms with E-state index < -0.39 is 9.84 Å². The SMILES string of the molecule is COc1ccc(N2CCN(C(=O)c3ccc(S(=O)(=O)c4ccc(C)cc4)o3)CC2)cc1. The van der Waals surface area contributed by atoms with E-state index in [2.05, 4.69) is 4.90 Å². The number of carbonyl (C=O) groups excluding carboxylic acids is 1. The van der Waals surface area contributed by atoms with Crippen molar-refractivity contribution in [1.29, 1.82) is 0 Å². The standard InChI is InChI=1S/C23H24N2O5S/c1-17-3-9-20(10-4-17)31(27,28)22-12-11-21(30-22)23(26)25-15-13-24(14-16-25)18-5-7-19(29-2)8-6-18/h3-12H,13-16H2,1-2H3. The van der Waals surface area contributed by atoms with Crippen molar-refractivity contribution in [3.63, 3.8) is 0 Å². The smallest absolute Gasteiger partial charge is 0.289 e. The monoisotopic (exact) mass is 440 g/mol. The molecule has 0 N–H and O–H groups in total. The number of hydrogen-bond acceptors (Lipinski definition) is 6. The van der Waals surface area contributed by atoms with Gasteiger partial charge in [0.1, 0.15) is 5.75 Å². The third kappa shape index (κ3) is 4.29. The molecule has 0 atom stereocenters. The lowest BCUT2D eigenvalue weighted by atomic mass is 10.2. The molecule has 1 fully saturated rings. The highest BCUT2D eigenvalue weighted by Gasteiger charge is 2.27. The Hall–Kier alpha value is -3.26. The summed E-state index contributed by atoms with van der Waals surface area (Å²) in [7, 11) is -2.18. The summed E-state index contributed by atoms with van der Waals surface area (Å²) in [5, 5.41) is -0.225. The zero-order chi connectivity index (χ0) is 22.0. The highest BCUT2D eigenvalue weighted by Crippen LogP contribution is 2.25. The zero-order valence-corrected chi connectivity index (χ0v) is 18.3. The molecule has 3 aromatic rings. The fraction of sp³-hybridized carbons (Fsp3) is 0.261. The van der Waals surface area contributed by atoms with Crippen LogP contribution in [0.4, 0.5) is 5.69 Å². The van der Waals surface area contributed by atoms with Crippen LogP contribution in [-0.2, 0) is 9.84 Å². The minimum Gasteiger partial charge on any atom is -0.497 e. The molecule has 2 heterocycles. The number of methoxy groups -OCH3 is 1. The van der Waals surface area contributed by atoms with Crippen LogP contribution in [0.1, 0.15) is 16.1 Å². The van der Waals surface area contributed by atoms with Crippen molar-refractivity contribution in [1.82, 2.24) is 4.90 Å². The van der Waals surface area contributed by atoms with Gasteiger partial charge in [-0.05, 0) is 55.5 Å². The maximum atomic E-state index is 12.9. The first-order valence-corrected chi connectivity index (χ1v) is 11.5. The number of amides is 1. The molecule has 0 bridgehead atoms. The predicted octanol–water partition coefficient (Wildman–Crippen LogP) is 3.39. The van der Waals surface area contributed by atoms with E-state index in [1.165, 1.54) is 24.3 Å². The normalized spacial score (nSPS) is 14.5. The minimum absolute atomic E-state index is 0.0311. The second kappa shape index (κ2) is 8.47. The summed E-state index contributed by atoms with van der Waals surface area (Å²) in [6, 6.07) is 17.1. The summed E-state index contributed by atoms with van der Waals surface area (Å²) >= 11 is 0. The Bertz CT molecular complexity index is 1160. The largest absolute Gasteiger partial charge is 0.497 e. The second-order valence-electron chi connectivity index (χ2n) is 7.41. The molecule has 4 rings (SSSR count). The zero-order valence-electron chi connectivity index (χ0n) is 17.4. The van der Waals surface area contributed by atoms with E-state index in [1.807, 2.05) is 31.2 Å². The summed E-state index contributed by atoms with van der Waals surface area (Å²) in [6.45, 7) is 4.27. The molecule has 1 aliphatic rings. The second-order valence-corrected chi connectivity index (χ2v) is 9.29. The number of anilines is 1. The van der Waals surface area contributed by atoms with Crippen LogP contribution in [0.2, 0.25) is 0 Å². The molecule has 162 valence electrons. The molecule has 2 aromatic carbocycles. The summed E-state index contributed by atoms with van der Waals surface area (Å²) in [6.07, 6.45) is 0. The topological polar surface area (TPSA) is 80.1 Å². The Balaban J connectivity index is 1.43. The van der Waals surface area contributed by atoms with Crippen molar-refractivity contribution in [3.8, 4) is 5.75 Å². The fourth-order valence-electron chi connectivity index (χ4n) is 3.53. The van der Waals surface area contributed by atoms with Crippen LogP contribution in [0.25, 0.3) is 0 Å². The molecular weight excluding hydrogens is 416 g/mol. The molecule has 1 saturated heterocycles. The number of carbonyl (C=O) groups is 1. The van der Waals surface area contributed by atoms with E-state index in [-0.39, 0.29) is 21.7 Å². The first-order valence-electron chi connectivity index (χ1n) is 9.98. The van der Waals surface area contributed by atoms with Gasteiger partial charge < -0.3 is 19.0 Å². The lowest BCUT2D eigenvalue weighted by Gasteiger charge is -2.35. The van der Waals surface area contributed by atoms with Gasteiger partial charge in [-0.1, -0.05) is 17.7 Å². The first-order chi connectivity index (χ1) is 14.9. The molecule has 1 aliphatic heterocycles. The Morgan fingerprint density at radius 1 is 0.903 bits per heavy atom. The Morgan fingerprint density at radius 3 is 2.16 bits per heavy atom. The van der Waals surface area contributed by atoms with Crippen molar-refractivity contribution in [2.24, 2.45) is 0 Å². The molecule has 1 aromatic heterocycles. The molecule has 31 heavy (non-hydrogen) atoms. The first kappa shape index (κ1) is 21.0. The van der Waals surface area contributed by atoms with Gasteiger partial charge >= 0.3 is 0 Å². The third-order valence-corrected chi connectivity index (χ3v) is 7.03. The summed E-state index contributed by atoms with van der Waals surface area (Å²) < 4.78 is 36.2. The van der Waals surface area contributed by atoms with E-state index in [0.29, 0.717) is 26.2 Å². The number of ether oxygens (including phenoxy) is 1. The number of rotatable bonds is 5. The van der Waals surface area contributed by atoms with Crippen molar-refractivity contribution in [2.75, 3.05) is 38.2 Å². The van der Waals surface area contributed by atoms with Crippen molar-refractivity contribution in [3.05, 3.63) is 72.0 Å². The number of benzene rings is 2. The highest BCUT2D eigenvalue weighted by molar-refractivity contribution is 7.91. The van der Waals surface area contributed by atoms with Gasteiger partial charge in [0.15, 0.2) is 5.76 Å². The maximum Gasteiger partial charge on any atom is 0.289 e. The van der Waals surface area contributed by atoms with Crippen LogP contribution in [-0.4, -0.2) is 52.5 Å². The van der Waals surface area contributed by atoms with E-state index in [0.717, 1.165) is 17.0 Å². The molecule has 0 aliphatic carbocycles. The molecule has 8 heteroatoms. The average molecular weight is 441 g/mol. The van der Waals surface area contributed by atoms with Crippen molar-refractivity contribution in [2.45, 2.75) is 16.9 Å². The molecule has 1 amide bonds. The molecule has 0 spiro atoms. The number of aryl methyl sites for hydroxylation is 1. The van der Waals surface area contributed by atoms with Gasteiger partial charge in [0.25, 0.3) is 5.91 Å². The Morgan fingerprint density at radius 2 is 1.55 bits per heavy atom. The van der Waals surface area contributed by atoms with E-state index in [9.17, 15) is 13.2 Å². The number of piperazine rings is 1. The van der Waals surface area contributed by atoms with Gasteiger partial charge in [0.2, 0.25) is 14.9 Å². The van der Waals surface area contributed by atoms with Gasteiger partial charge in [-0.25, -0.2) is 8.42 Å². The van der Waals surface area contributed by atoms with E-state index in [1.54, 1.807) is 24.1 Å². The van der Waals surface area contributed by atoms with Crippen LogP contribution in [0.15, 0.2) is 75.1 Å². The van der Waals surface area contributed by atoms with Gasteiger partial charge in [-0.15, -0.1) is 0 Å². The highest BCUT2D eigenvalue weighted by atomic mass is 32.2. The fourth-order valence-corrected chi connectivity index (χ4v) is 4.70. The van der Waals surface area contributed by atoms with Crippen LogP contribution in [0, 0.1) is 6.92 Å². The summed E-state index contributed by atoms with van der Waals surface area (Å²) in [4.78, 5) is 16.9. The predicted molar refractivity (Wildman–Crippen MR) is 116 cm³/mol. The molecular formula is C23H24N2O5S. The quantitative estimate of drug-likeness (QED) is 0.605. The number of furan rings is 1. The van der Waals surface area contributed by atoms with Crippen LogP contribution in [0.3, 0.4) is 0 Å². The van der Waals surface area contributed by atoms with Gasteiger partial charge in [-0.3, -0.25) is 4.79 Å². The number of hydrogen-bond donors (Lipinski definition) is 0. The van der Waals surface area contributed by atoms with E-state index >= 15 is 0 Å². The maximum absolute atomic E-state index is 12.9. The van der Waals surface area contributed by atoms with Crippen LogP contribution < -0.4 is 9.64 Å². The molecule has 0 unspecified atom stereocenters. The van der Waals surface area contributed by atoms with Crippen LogP contribution in [0.5, 0.6) is 5.75 Å². The minimum atomic E-state index is -3.81.